The van der Waals surface area contributed by atoms with Crippen LogP contribution in [-0.2, 0) is 15.0 Å². The molecule has 0 saturated carbocycles. The maximum atomic E-state index is 13.2. The van der Waals surface area contributed by atoms with Crippen LogP contribution in [0.2, 0.25) is 0 Å². The van der Waals surface area contributed by atoms with Crippen molar-refractivity contribution in [3.8, 4) is 0 Å². The van der Waals surface area contributed by atoms with Gasteiger partial charge in [-0.1, -0.05) is 48.5 Å². The molecule has 2 aliphatic heterocycles. The smallest absolute Gasteiger partial charge is 0.236 e. The van der Waals surface area contributed by atoms with Crippen LogP contribution in [0.25, 0.3) is 0 Å². The first-order valence-electron chi connectivity index (χ1n) is 11.6. The molecule has 0 N–H and O–H groups in total. The maximum Gasteiger partial charge on any atom is 0.236 e. The molecule has 0 aliphatic carbocycles. The second-order valence-electron chi connectivity index (χ2n) is 9.26. The number of carbonyl (C=O) groups is 2. The van der Waals surface area contributed by atoms with Crippen LogP contribution in [0.15, 0.2) is 60.7 Å². The molecule has 170 valence electrons. The summed E-state index contributed by atoms with van der Waals surface area (Å²) in [6, 6.07) is 20.3. The van der Waals surface area contributed by atoms with E-state index in [4.69, 9.17) is 0 Å². The maximum absolute atomic E-state index is 13.2. The number of amides is 2. The van der Waals surface area contributed by atoms with Crippen LogP contribution in [0.1, 0.15) is 19.4 Å². The number of rotatable bonds is 5. The average Bonchev–Trinajstić information content (AvgIpc) is 2.85. The molecule has 2 aromatic rings. The second kappa shape index (κ2) is 9.74. The SMILES string of the molecule is CC(C)(C(=O)N1CCN(CC(=O)N2CCN(c3ccccc3)CC2)CC1)c1ccccc1. The number of para-hydroxylation sites is 1. The van der Waals surface area contributed by atoms with Crippen LogP contribution in [0.4, 0.5) is 5.69 Å². The van der Waals surface area contributed by atoms with Crippen molar-refractivity contribution in [2.45, 2.75) is 19.3 Å². The summed E-state index contributed by atoms with van der Waals surface area (Å²) in [5.74, 6) is 0.355. The summed E-state index contributed by atoms with van der Waals surface area (Å²) in [4.78, 5) is 34.5. The molecule has 0 unspecified atom stereocenters. The van der Waals surface area contributed by atoms with Crippen molar-refractivity contribution in [2.24, 2.45) is 0 Å². The van der Waals surface area contributed by atoms with Crippen molar-refractivity contribution in [2.75, 3.05) is 63.8 Å². The summed E-state index contributed by atoms with van der Waals surface area (Å²) in [5, 5.41) is 0. The van der Waals surface area contributed by atoms with Gasteiger partial charge in [-0.2, -0.15) is 0 Å². The third kappa shape index (κ3) is 4.96. The quantitative estimate of drug-likeness (QED) is 0.725. The van der Waals surface area contributed by atoms with Crippen LogP contribution in [0.3, 0.4) is 0 Å². The van der Waals surface area contributed by atoms with Crippen molar-refractivity contribution in [3.63, 3.8) is 0 Å². The number of benzene rings is 2. The lowest BCUT2D eigenvalue weighted by Gasteiger charge is -2.40. The van der Waals surface area contributed by atoms with Gasteiger partial charge in [0.05, 0.1) is 12.0 Å². The molecule has 2 amide bonds. The van der Waals surface area contributed by atoms with Crippen molar-refractivity contribution < 1.29 is 9.59 Å². The van der Waals surface area contributed by atoms with Crippen molar-refractivity contribution in [1.29, 1.82) is 0 Å². The van der Waals surface area contributed by atoms with E-state index >= 15 is 0 Å². The van der Waals surface area contributed by atoms with E-state index in [2.05, 4.69) is 34.1 Å². The highest BCUT2D eigenvalue weighted by Gasteiger charge is 2.35. The first-order chi connectivity index (χ1) is 15.4. The van der Waals surface area contributed by atoms with Crippen LogP contribution in [0.5, 0.6) is 0 Å². The third-order valence-corrected chi connectivity index (χ3v) is 6.80. The second-order valence-corrected chi connectivity index (χ2v) is 9.26. The highest BCUT2D eigenvalue weighted by atomic mass is 16.2. The number of carbonyl (C=O) groups excluding carboxylic acids is 2. The summed E-state index contributed by atoms with van der Waals surface area (Å²) in [6.45, 7) is 10.5. The van der Waals surface area contributed by atoms with Gasteiger partial charge in [-0.3, -0.25) is 14.5 Å². The molecule has 0 atom stereocenters. The van der Waals surface area contributed by atoms with Gasteiger partial charge in [-0.25, -0.2) is 0 Å². The van der Waals surface area contributed by atoms with Gasteiger partial charge in [0.1, 0.15) is 0 Å². The lowest BCUT2D eigenvalue weighted by molar-refractivity contribution is -0.139. The van der Waals surface area contributed by atoms with E-state index in [1.165, 1.54) is 5.69 Å². The van der Waals surface area contributed by atoms with Gasteiger partial charge in [-0.15, -0.1) is 0 Å². The lowest BCUT2D eigenvalue weighted by Crippen LogP contribution is -2.56. The minimum absolute atomic E-state index is 0.159. The topological polar surface area (TPSA) is 47.1 Å². The van der Waals surface area contributed by atoms with Crippen molar-refractivity contribution in [3.05, 3.63) is 66.2 Å². The standard InChI is InChI=1S/C26H34N4O2/c1-26(2,22-9-5-3-6-10-22)25(32)30-15-13-27(14-16-30)21-24(31)29-19-17-28(18-20-29)23-11-7-4-8-12-23/h3-12H,13-21H2,1-2H3. The summed E-state index contributed by atoms with van der Waals surface area (Å²) in [5.41, 5.74) is 1.72. The van der Waals surface area contributed by atoms with E-state index in [-0.39, 0.29) is 11.8 Å². The molecule has 6 heteroatoms. The van der Waals surface area contributed by atoms with Crippen molar-refractivity contribution >= 4 is 17.5 Å². The van der Waals surface area contributed by atoms with E-state index in [0.717, 1.165) is 44.8 Å². The zero-order valence-electron chi connectivity index (χ0n) is 19.2. The zero-order valence-corrected chi connectivity index (χ0v) is 19.2. The molecule has 0 radical (unpaired) electrons. The molecule has 0 bridgehead atoms. The van der Waals surface area contributed by atoms with Crippen LogP contribution >= 0.6 is 0 Å². The predicted molar refractivity (Wildman–Crippen MR) is 128 cm³/mol. The highest BCUT2D eigenvalue weighted by molar-refractivity contribution is 5.87. The Hall–Kier alpha value is -2.86. The van der Waals surface area contributed by atoms with Crippen LogP contribution < -0.4 is 4.90 Å². The third-order valence-electron chi connectivity index (χ3n) is 6.80. The highest BCUT2D eigenvalue weighted by Crippen LogP contribution is 2.26. The molecule has 2 heterocycles. The van der Waals surface area contributed by atoms with Crippen molar-refractivity contribution in [1.82, 2.24) is 14.7 Å². The largest absolute Gasteiger partial charge is 0.368 e. The van der Waals surface area contributed by atoms with E-state index in [0.29, 0.717) is 19.6 Å². The van der Waals surface area contributed by atoms with Gasteiger partial charge >= 0.3 is 0 Å². The Morgan fingerprint density at radius 1 is 0.719 bits per heavy atom. The van der Waals surface area contributed by atoms with Gasteiger partial charge in [0.25, 0.3) is 0 Å². The Labute approximate surface area is 191 Å². The molecule has 0 spiro atoms. The predicted octanol–water partition coefficient (Wildman–Crippen LogP) is 2.46. The molecule has 2 saturated heterocycles. The summed E-state index contributed by atoms with van der Waals surface area (Å²) >= 11 is 0. The van der Waals surface area contributed by atoms with Gasteiger partial charge < -0.3 is 14.7 Å². The molecule has 2 aromatic carbocycles. The summed E-state index contributed by atoms with van der Waals surface area (Å²) in [6.07, 6.45) is 0. The Morgan fingerprint density at radius 2 is 1.25 bits per heavy atom. The number of hydrogen-bond donors (Lipinski definition) is 0. The fourth-order valence-corrected chi connectivity index (χ4v) is 4.63. The lowest BCUT2D eigenvalue weighted by atomic mass is 9.83. The minimum Gasteiger partial charge on any atom is -0.368 e. The Morgan fingerprint density at radius 3 is 1.84 bits per heavy atom. The summed E-state index contributed by atoms with van der Waals surface area (Å²) in [7, 11) is 0. The number of anilines is 1. The fraction of sp³-hybridized carbons (Fsp3) is 0.462. The molecule has 0 aromatic heterocycles. The number of piperazine rings is 2. The average molecular weight is 435 g/mol. The van der Waals surface area contributed by atoms with Gasteiger partial charge in [0, 0.05) is 58.0 Å². The monoisotopic (exact) mass is 434 g/mol. The van der Waals surface area contributed by atoms with Crippen LogP contribution in [-0.4, -0.2) is 85.4 Å². The van der Waals surface area contributed by atoms with E-state index in [1.807, 2.05) is 60.0 Å². The van der Waals surface area contributed by atoms with Gasteiger partial charge in [-0.05, 0) is 31.5 Å². The summed E-state index contributed by atoms with van der Waals surface area (Å²) < 4.78 is 0. The van der Waals surface area contributed by atoms with E-state index in [9.17, 15) is 9.59 Å². The normalized spacial score (nSPS) is 18.0. The first-order valence-corrected chi connectivity index (χ1v) is 11.6. The molecule has 6 nitrogen and oxygen atoms in total. The Balaban J connectivity index is 1.24. The van der Waals surface area contributed by atoms with E-state index < -0.39 is 5.41 Å². The molecular formula is C26H34N4O2. The number of hydrogen-bond acceptors (Lipinski definition) is 4. The Bertz CT molecular complexity index is 900. The van der Waals surface area contributed by atoms with E-state index in [1.54, 1.807) is 0 Å². The molecule has 2 aliphatic rings. The first kappa shape index (κ1) is 22.3. The molecular weight excluding hydrogens is 400 g/mol. The number of nitrogens with zero attached hydrogens (tertiary/aromatic N) is 4. The Kier molecular flexibility index (Phi) is 6.80. The molecule has 32 heavy (non-hydrogen) atoms. The van der Waals surface area contributed by atoms with Gasteiger partial charge in [0.15, 0.2) is 0 Å². The van der Waals surface area contributed by atoms with Gasteiger partial charge in [0.2, 0.25) is 11.8 Å². The minimum atomic E-state index is -0.544. The molecule has 4 rings (SSSR count). The van der Waals surface area contributed by atoms with Crippen LogP contribution in [0, 0.1) is 0 Å². The molecule has 2 fully saturated rings. The zero-order chi connectivity index (χ0) is 22.6. The fourth-order valence-electron chi connectivity index (χ4n) is 4.63.